The van der Waals surface area contributed by atoms with Crippen LogP contribution in [0.3, 0.4) is 0 Å². The summed E-state index contributed by atoms with van der Waals surface area (Å²) < 4.78 is 0. The standard InChI is InChI=1S/C14H20N2O2/c1-3-14(4-2)8-12(17)16(13(14)18)11-7-5-6-10(11)9-15/h10-11H,3-8H2,1-2H3. The van der Waals surface area contributed by atoms with Gasteiger partial charge in [-0.3, -0.25) is 14.5 Å². The summed E-state index contributed by atoms with van der Waals surface area (Å²) in [7, 11) is 0. The molecule has 0 aromatic carbocycles. The molecule has 2 aliphatic rings. The number of likely N-dealkylation sites (tertiary alicyclic amines) is 1. The summed E-state index contributed by atoms with van der Waals surface area (Å²) in [5.41, 5.74) is -0.500. The summed E-state index contributed by atoms with van der Waals surface area (Å²) in [6.07, 6.45) is 4.27. The maximum atomic E-state index is 12.5. The lowest BCUT2D eigenvalue weighted by Crippen LogP contribution is -2.44. The van der Waals surface area contributed by atoms with Gasteiger partial charge in [0.2, 0.25) is 11.8 Å². The van der Waals surface area contributed by atoms with Gasteiger partial charge in [-0.05, 0) is 32.1 Å². The Morgan fingerprint density at radius 1 is 1.33 bits per heavy atom. The Morgan fingerprint density at radius 3 is 2.50 bits per heavy atom. The van der Waals surface area contributed by atoms with E-state index in [1.165, 1.54) is 4.90 Å². The van der Waals surface area contributed by atoms with Crippen molar-refractivity contribution in [3.05, 3.63) is 0 Å². The number of nitriles is 1. The highest BCUT2D eigenvalue weighted by molar-refractivity contribution is 6.06. The average molecular weight is 248 g/mol. The van der Waals surface area contributed by atoms with Gasteiger partial charge in [-0.1, -0.05) is 13.8 Å². The molecule has 2 atom stereocenters. The Morgan fingerprint density at radius 2 is 2.00 bits per heavy atom. The number of imide groups is 1. The molecule has 0 N–H and O–H groups in total. The third-order valence-corrected chi connectivity index (χ3v) is 4.76. The van der Waals surface area contributed by atoms with E-state index < -0.39 is 5.41 Å². The molecule has 0 spiro atoms. The summed E-state index contributed by atoms with van der Waals surface area (Å²) >= 11 is 0. The van der Waals surface area contributed by atoms with Crippen molar-refractivity contribution in [2.24, 2.45) is 11.3 Å². The van der Waals surface area contributed by atoms with Crippen LogP contribution < -0.4 is 0 Å². The summed E-state index contributed by atoms with van der Waals surface area (Å²) in [6, 6.07) is 2.08. The molecule has 98 valence electrons. The summed E-state index contributed by atoms with van der Waals surface area (Å²) in [5.74, 6) is -0.275. The smallest absolute Gasteiger partial charge is 0.236 e. The zero-order valence-electron chi connectivity index (χ0n) is 11.1. The van der Waals surface area contributed by atoms with Crippen LogP contribution in [-0.2, 0) is 9.59 Å². The van der Waals surface area contributed by atoms with Gasteiger partial charge in [-0.15, -0.1) is 0 Å². The van der Waals surface area contributed by atoms with E-state index in [1.807, 2.05) is 13.8 Å². The first-order valence-electron chi connectivity index (χ1n) is 6.85. The minimum absolute atomic E-state index is 0.0374. The van der Waals surface area contributed by atoms with Crippen molar-refractivity contribution in [1.29, 1.82) is 5.26 Å². The fourth-order valence-corrected chi connectivity index (χ4v) is 3.36. The van der Waals surface area contributed by atoms with Crippen LogP contribution >= 0.6 is 0 Å². The first kappa shape index (κ1) is 13.1. The van der Waals surface area contributed by atoms with E-state index in [2.05, 4.69) is 6.07 Å². The number of carbonyl (C=O) groups excluding carboxylic acids is 2. The topological polar surface area (TPSA) is 61.2 Å². The van der Waals surface area contributed by atoms with Crippen LogP contribution in [0.25, 0.3) is 0 Å². The Hall–Kier alpha value is -1.37. The second kappa shape index (κ2) is 4.72. The number of hydrogen-bond acceptors (Lipinski definition) is 3. The minimum Gasteiger partial charge on any atom is -0.278 e. The molecule has 1 aliphatic heterocycles. The molecule has 4 heteroatoms. The van der Waals surface area contributed by atoms with Crippen molar-refractivity contribution in [2.75, 3.05) is 0 Å². The van der Waals surface area contributed by atoms with Gasteiger partial charge in [0, 0.05) is 6.42 Å². The van der Waals surface area contributed by atoms with Crippen molar-refractivity contribution < 1.29 is 9.59 Å². The molecule has 0 aromatic rings. The Balaban J connectivity index is 2.27. The van der Waals surface area contributed by atoms with Gasteiger partial charge in [0.05, 0.1) is 23.4 Å². The van der Waals surface area contributed by atoms with Crippen LogP contribution in [0.2, 0.25) is 0 Å². The molecule has 2 amide bonds. The predicted octanol–water partition coefficient (Wildman–Crippen LogP) is 2.24. The molecule has 4 nitrogen and oxygen atoms in total. The van der Waals surface area contributed by atoms with Crippen molar-refractivity contribution in [3.63, 3.8) is 0 Å². The van der Waals surface area contributed by atoms with Gasteiger partial charge in [0.15, 0.2) is 0 Å². The maximum Gasteiger partial charge on any atom is 0.236 e. The lowest BCUT2D eigenvalue weighted by Gasteiger charge is -2.28. The first-order chi connectivity index (χ1) is 8.59. The molecule has 0 aromatic heterocycles. The average Bonchev–Trinajstić information content (AvgIpc) is 2.92. The fraction of sp³-hybridized carbons (Fsp3) is 0.786. The van der Waals surface area contributed by atoms with Crippen LogP contribution in [0.1, 0.15) is 52.4 Å². The third-order valence-electron chi connectivity index (χ3n) is 4.76. The Bertz CT molecular complexity index is 407. The highest BCUT2D eigenvalue weighted by atomic mass is 16.2. The van der Waals surface area contributed by atoms with Gasteiger partial charge in [-0.2, -0.15) is 5.26 Å². The second-order valence-electron chi connectivity index (χ2n) is 5.47. The zero-order valence-corrected chi connectivity index (χ0v) is 11.1. The van der Waals surface area contributed by atoms with E-state index in [9.17, 15) is 9.59 Å². The van der Waals surface area contributed by atoms with Crippen molar-refractivity contribution >= 4 is 11.8 Å². The highest BCUT2D eigenvalue weighted by Crippen LogP contribution is 2.43. The van der Waals surface area contributed by atoms with Crippen LogP contribution in [0.5, 0.6) is 0 Å². The largest absolute Gasteiger partial charge is 0.278 e. The van der Waals surface area contributed by atoms with E-state index in [0.29, 0.717) is 19.3 Å². The van der Waals surface area contributed by atoms with E-state index in [0.717, 1.165) is 19.3 Å². The van der Waals surface area contributed by atoms with Gasteiger partial charge in [-0.25, -0.2) is 0 Å². The molecule has 0 bridgehead atoms. The molecule has 1 heterocycles. The summed E-state index contributed by atoms with van der Waals surface area (Å²) in [6.45, 7) is 3.93. The number of amides is 2. The van der Waals surface area contributed by atoms with E-state index in [-0.39, 0.29) is 23.8 Å². The van der Waals surface area contributed by atoms with Crippen LogP contribution in [0.4, 0.5) is 0 Å². The summed E-state index contributed by atoms with van der Waals surface area (Å²) in [4.78, 5) is 26.1. The molecular formula is C14H20N2O2. The molecule has 18 heavy (non-hydrogen) atoms. The number of hydrogen-bond donors (Lipinski definition) is 0. The monoisotopic (exact) mass is 248 g/mol. The molecule has 0 radical (unpaired) electrons. The van der Waals surface area contributed by atoms with Crippen LogP contribution in [-0.4, -0.2) is 22.8 Å². The number of carbonyl (C=O) groups is 2. The first-order valence-corrected chi connectivity index (χ1v) is 6.85. The zero-order chi connectivity index (χ0) is 13.3. The van der Waals surface area contributed by atoms with E-state index in [1.54, 1.807) is 0 Å². The van der Waals surface area contributed by atoms with Gasteiger partial charge in [0.25, 0.3) is 0 Å². The number of rotatable bonds is 3. The van der Waals surface area contributed by atoms with Crippen LogP contribution in [0.15, 0.2) is 0 Å². The molecule has 2 rings (SSSR count). The van der Waals surface area contributed by atoms with E-state index >= 15 is 0 Å². The predicted molar refractivity (Wildman–Crippen MR) is 66.2 cm³/mol. The normalized spacial score (nSPS) is 30.8. The molecule has 1 saturated carbocycles. The maximum absolute atomic E-state index is 12.5. The lowest BCUT2D eigenvalue weighted by molar-refractivity contribution is -0.144. The van der Waals surface area contributed by atoms with Crippen molar-refractivity contribution in [3.8, 4) is 6.07 Å². The molecule has 2 unspecified atom stereocenters. The molecular weight excluding hydrogens is 228 g/mol. The molecule has 1 saturated heterocycles. The molecule has 2 fully saturated rings. The van der Waals surface area contributed by atoms with Crippen LogP contribution in [0, 0.1) is 22.7 Å². The fourth-order valence-electron chi connectivity index (χ4n) is 3.36. The Labute approximate surface area is 108 Å². The highest BCUT2D eigenvalue weighted by Gasteiger charge is 2.53. The lowest BCUT2D eigenvalue weighted by atomic mass is 9.81. The minimum atomic E-state index is -0.500. The number of nitrogens with zero attached hydrogens (tertiary/aromatic N) is 2. The molecule has 1 aliphatic carbocycles. The van der Waals surface area contributed by atoms with Gasteiger partial charge >= 0.3 is 0 Å². The van der Waals surface area contributed by atoms with Crippen molar-refractivity contribution in [1.82, 2.24) is 4.90 Å². The summed E-state index contributed by atoms with van der Waals surface area (Å²) in [5, 5.41) is 9.11. The second-order valence-corrected chi connectivity index (χ2v) is 5.47. The van der Waals surface area contributed by atoms with Gasteiger partial charge < -0.3 is 0 Å². The van der Waals surface area contributed by atoms with Crippen molar-refractivity contribution in [2.45, 2.75) is 58.4 Å². The quantitative estimate of drug-likeness (QED) is 0.720. The SMILES string of the molecule is CCC1(CC)CC(=O)N(C2CCCC2C#N)C1=O. The van der Waals surface area contributed by atoms with E-state index in [4.69, 9.17) is 5.26 Å². The van der Waals surface area contributed by atoms with Gasteiger partial charge in [0.1, 0.15) is 0 Å². The Kier molecular flexibility index (Phi) is 3.43. The third kappa shape index (κ3) is 1.73.